The maximum atomic E-state index is 13.9. The molecule has 0 saturated carbocycles. The lowest BCUT2D eigenvalue weighted by atomic mass is 9.97. The van der Waals surface area contributed by atoms with E-state index >= 15 is 0 Å². The average molecular weight is 533 g/mol. The van der Waals surface area contributed by atoms with E-state index in [-0.39, 0.29) is 12.0 Å². The minimum absolute atomic E-state index is 0.0781. The molecule has 3 N–H and O–H groups in total. The van der Waals surface area contributed by atoms with Gasteiger partial charge in [-0.3, -0.25) is 4.79 Å². The first kappa shape index (κ1) is 29.4. The van der Waals surface area contributed by atoms with Crippen LogP contribution in [0.5, 0.6) is 0 Å². The molecule has 1 aromatic heterocycles. The van der Waals surface area contributed by atoms with Crippen LogP contribution in [-0.2, 0) is 22.4 Å². The minimum Gasteiger partial charge on any atom is -0.480 e. The molecule has 1 aliphatic rings. The van der Waals surface area contributed by atoms with Crippen LogP contribution in [0.15, 0.2) is 36.4 Å². The summed E-state index contributed by atoms with van der Waals surface area (Å²) >= 11 is 0. The fourth-order valence-corrected chi connectivity index (χ4v) is 4.56. The molecule has 3 unspecified atom stereocenters. The summed E-state index contributed by atoms with van der Waals surface area (Å²) in [6.07, 6.45) is 2.92. The zero-order valence-electron chi connectivity index (χ0n) is 22.1. The van der Waals surface area contributed by atoms with Gasteiger partial charge in [-0.2, -0.15) is 0 Å². The van der Waals surface area contributed by atoms with E-state index in [9.17, 15) is 23.5 Å². The summed E-state index contributed by atoms with van der Waals surface area (Å²) in [6.45, 7) is 3.67. The number of carboxylic acid groups (broad SMARTS) is 1. The van der Waals surface area contributed by atoms with Gasteiger partial charge in [0.05, 0.1) is 11.7 Å². The smallest absolute Gasteiger partial charge is 0.326 e. The van der Waals surface area contributed by atoms with Crippen LogP contribution >= 0.6 is 0 Å². The third-order valence-electron chi connectivity index (χ3n) is 6.80. The number of carbonyl (C=O) groups is 2. The Bertz CT molecular complexity index is 1070. The first-order valence-electron chi connectivity index (χ1n) is 13.1. The number of amides is 1. The summed E-state index contributed by atoms with van der Waals surface area (Å²) in [5, 5.41) is 15.4. The number of fused-ring (bicyclic) bond motifs is 1. The van der Waals surface area contributed by atoms with Gasteiger partial charge in [-0.05, 0) is 68.3 Å². The van der Waals surface area contributed by atoms with Gasteiger partial charge in [-0.15, -0.1) is 0 Å². The monoisotopic (exact) mass is 532 g/mol. The van der Waals surface area contributed by atoms with Crippen molar-refractivity contribution in [1.82, 2.24) is 15.2 Å². The second kappa shape index (κ2) is 14.7. The number of pyridine rings is 1. The molecule has 1 amide bonds. The molecule has 38 heavy (non-hydrogen) atoms. The Hall–Kier alpha value is -3.11. The van der Waals surface area contributed by atoms with E-state index in [4.69, 9.17) is 9.72 Å². The van der Waals surface area contributed by atoms with Crippen LogP contribution in [0.25, 0.3) is 0 Å². The normalized spacial score (nSPS) is 16.4. The number of carbonyl (C=O) groups excluding carboxylic acids is 1. The molecule has 0 spiro atoms. The number of anilines is 1. The van der Waals surface area contributed by atoms with Crippen molar-refractivity contribution in [3.8, 4) is 0 Å². The third-order valence-corrected chi connectivity index (χ3v) is 6.80. The standard InChI is InChI=1S/C28H38F2N4O4/c1-19-15-20-10-11-21(32-26(20)31-17-19)7-5-6-13-34(18-22(16-29)38-2)14-12-25(28(36)37)33-27(35)23-8-3-4-9-24(23)30/h3-4,8-11,19,22,25H,5-7,12-18H2,1-2H3,(H,31,32)(H,33,35)(H,36,37). The summed E-state index contributed by atoms with van der Waals surface area (Å²) in [5.41, 5.74) is 2.04. The number of halogens is 2. The number of nitrogens with zero attached hydrogens (tertiary/aromatic N) is 2. The number of nitrogens with one attached hydrogen (secondary N) is 2. The van der Waals surface area contributed by atoms with Crippen LogP contribution in [-0.4, -0.2) is 79.0 Å². The van der Waals surface area contributed by atoms with Crippen LogP contribution in [0.3, 0.4) is 0 Å². The molecule has 10 heteroatoms. The molecule has 0 radical (unpaired) electrons. The highest BCUT2D eigenvalue weighted by atomic mass is 19.1. The van der Waals surface area contributed by atoms with Gasteiger partial charge in [0.25, 0.3) is 5.91 Å². The Morgan fingerprint density at radius 2 is 2.03 bits per heavy atom. The molecule has 1 aromatic carbocycles. The van der Waals surface area contributed by atoms with Crippen molar-refractivity contribution in [3.05, 3.63) is 59.0 Å². The minimum atomic E-state index is -1.22. The number of rotatable bonds is 15. The van der Waals surface area contributed by atoms with Gasteiger partial charge in [0.1, 0.15) is 24.4 Å². The van der Waals surface area contributed by atoms with Crippen molar-refractivity contribution in [1.29, 1.82) is 0 Å². The lowest BCUT2D eigenvalue weighted by Gasteiger charge is -2.27. The van der Waals surface area contributed by atoms with Gasteiger partial charge in [-0.1, -0.05) is 25.1 Å². The molecular formula is C28H38F2N4O4. The number of carboxylic acids is 1. The zero-order chi connectivity index (χ0) is 27.5. The van der Waals surface area contributed by atoms with E-state index < -0.39 is 36.5 Å². The Morgan fingerprint density at radius 1 is 1.24 bits per heavy atom. The van der Waals surface area contributed by atoms with E-state index in [1.54, 1.807) is 0 Å². The second-order valence-corrected chi connectivity index (χ2v) is 9.90. The maximum Gasteiger partial charge on any atom is 0.326 e. The fourth-order valence-electron chi connectivity index (χ4n) is 4.56. The Labute approximate surface area is 222 Å². The topological polar surface area (TPSA) is 104 Å². The van der Waals surface area contributed by atoms with Crippen LogP contribution < -0.4 is 10.6 Å². The highest BCUT2D eigenvalue weighted by Crippen LogP contribution is 2.23. The average Bonchev–Trinajstić information content (AvgIpc) is 2.91. The SMILES string of the molecule is COC(CF)CN(CCCCc1ccc2c(n1)NCC(C)C2)CCC(NC(=O)c1ccccc1F)C(=O)O. The first-order chi connectivity index (χ1) is 18.3. The lowest BCUT2D eigenvalue weighted by molar-refractivity contribution is -0.139. The predicted octanol–water partition coefficient (Wildman–Crippen LogP) is 3.71. The van der Waals surface area contributed by atoms with Crippen molar-refractivity contribution in [2.75, 3.05) is 45.3 Å². The summed E-state index contributed by atoms with van der Waals surface area (Å²) < 4.78 is 32.5. The van der Waals surface area contributed by atoms with Crippen molar-refractivity contribution in [2.24, 2.45) is 5.92 Å². The molecule has 2 aromatic rings. The molecule has 8 nitrogen and oxygen atoms in total. The van der Waals surface area contributed by atoms with E-state index in [1.807, 2.05) is 4.90 Å². The summed E-state index contributed by atoms with van der Waals surface area (Å²) in [5.74, 6) is -1.17. The van der Waals surface area contributed by atoms with Gasteiger partial charge in [0, 0.05) is 32.4 Å². The largest absolute Gasteiger partial charge is 0.480 e. The lowest BCUT2D eigenvalue weighted by Crippen LogP contribution is -2.44. The quantitative estimate of drug-likeness (QED) is 0.301. The fraction of sp³-hybridized carbons (Fsp3) is 0.536. The van der Waals surface area contributed by atoms with Gasteiger partial charge in [-0.25, -0.2) is 18.6 Å². The molecule has 0 bridgehead atoms. The Morgan fingerprint density at radius 3 is 2.74 bits per heavy atom. The number of aryl methyl sites for hydroxylation is 1. The highest BCUT2D eigenvalue weighted by molar-refractivity contribution is 5.96. The molecule has 1 aliphatic heterocycles. The van der Waals surface area contributed by atoms with Crippen molar-refractivity contribution in [2.45, 2.75) is 51.2 Å². The summed E-state index contributed by atoms with van der Waals surface area (Å²) in [6, 6.07) is 8.39. The van der Waals surface area contributed by atoms with Crippen LogP contribution in [0.4, 0.5) is 14.6 Å². The number of hydrogen-bond acceptors (Lipinski definition) is 6. The number of ether oxygens (including phenoxy) is 1. The van der Waals surface area contributed by atoms with E-state index in [2.05, 4.69) is 29.7 Å². The predicted molar refractivity (Wildman–Crippen MR) is 142 cm³/mol. The molecule has 3 rings (SSSR count). The van der Waals surface area contributed by atoms with Crippen molar-refractivity contribution in [3.63, 3.8) is 0 Å². The second-order valence-electron chi connectivity index (χ2n) is 9.90. The Kier molecular flexibility index (Phi) is 11.4. The van der Waals surface area contributed by atoms with E-state index in [1.165, 1.54) is 30.9 Å². The zero-order valence-corrected chi connectivity index (χ0v) is 22.1. The molecule has 208 valence electrons. The van der Waals surface area contributed by atoms with Gasteiger partial charge < -0.3 is 25.4 Å². The van der Waals surface area contributed by atoms with E-state index in [0.29, 0.717) is 25.6 Å². The number of methoxy groups -OCH3 is 1. The third kappa shape index (κ3) is 8.73. The number of unbranched alkanes of at least 4 members (excludes halogenated alkanes) is 1. The van der Waals surface area contributed by atoms with Crippen LogP contribution in [0.1, 0.15) is 47.8 Å². The van der Waals surface area contributed by atoms with E-state index in [0.717, 1.165) is 49.8 Å². The molecule has 0 fully saturated rings. The summed E-state index contributed by atoms with van der Waals surface area (Å²) in [7, 11) is 1.44. The highest BCUT2D eigenvalue weighted by Gasteiger charge is 2.24. The van der Waals surface area contributed by atoms with Gasteiger partial charge >= 0.3 is 5.97 Å². The van der Waals surface area contributed by atoms with Crippen LogP contribution in [0.2, 0.25) is 0 Å². The van der Waals surface area contributed by atoms with Crippen LogP contribution in [0, 0.1) is 11.7 Å². The number of alkyl halides is 1. The van der Waals surface area contributed by atoms with Crippen molar-refractivity contribution < 1.29 is 28.2 Å². The molecule has 3 atom stereocenters. The number of aromatic nitrogens is 1. The number of benzene rings is 1. The summed E-state index contributed by atoms with van der Waals surface area (Å²) in [4.78, 5) is 30.9. The molecule has 0 saturated heterocycles. The van der Waals surface area contributed by atoms with Gasteiger partial charge in [0.2, 0.25) is 0 Å². The molecule has 2 heterocycles. The first-order valence-corrected chi connectivity index (χ1v) is 13.1. The van der Waals surface area contributed by atoms with Gasteiger partial charge in [0.15, 0.2) is 0 Å². The number of aliphatic carboxylic acids is 1. The molecule has 0 aliphatic carbocycles. The Balaban J connectivity index is 1.54. The maximum absolute atomic E-state index is 13.9. The molecular weight excluding hydrogens is 494 g/mol. The number of hydrogen-bond donors (Lipinski definition) is 3. The van der Waals surface area contributed by atoms with Crippen molar-refractivity contribution >= 4 is 17.7 Å².